The molecule has 0 aliphatic heterocycles. The number of rotatable bonds is 0. The molecular weight excluding hydrogens is 200 g/mol. The van der Waals surface area contributed by atoms with E-state index in [0.29, 0.717) is 5.82 Å². The fourth-order valence-corrected chi connectivity index (χ4v) is 1.83. The highest BCUT2D eigenvalue weighted by Crippen LogP contribution is 2.26. The van der Waals surface area contributed by atoms with E-state index in [0.717, 1.165) is 27.5 Å². The van der Waals surface area contributed by atoms with Crippen LogP contribution in [0.15, 0.2) is 24.5 Å². The van der Waals surface area contributed by atoms with Crippen LogP contribution in [-0.4, -0.2) is 15.0 Å². The molecule has 0 fully saturated rings. The molecule has 0 radical (unpaired) electrons. The van der Waals surface area contributed by atoms with Crippen LogP contribution in [-0.2, 0) is 0 Å². The first-order valence-electron chi connectivity index (χ1n) is 4.89. The number of H-pyrrole nitrogens is 1. The van der Waals surface area contributed by atoms with Gasteiger partial charge in [0.25, 0.3) is 5.82 Å². The fourth-order valence-electron chi connectivity index (χ4n) is 1.83. The van der Waals surface area contributed by atoms with E-state index < -0.39 is 0 Å². The standard InChI is InChI=1S/C12H8N4/c1-7-3-9-8-4-11(13-2)14-6-10(8)16-12(9)15-5-7/h3-6H,1H3,(H,15,16). The molecule has 0 aliphatic carbocycles. The summed E-state index contributed by atoms with van der Waals surface area (Å²) in [4.78, 5) is 14.9. The molecule has 3 rings (SSSR count). The van der Waals surface area contributed by atoms with E-state index in [9.17, 15) is 0 Å². The summed E-state index contributed by atoms with van der Waals surface area (Å²) in [6.07, 6.45) is 3.50. The molecule has 1 N–H and O–H groups in total. The lowest BCUT2D eigenvalue weighted by Gasteiger charge is -1.92. The maximum atomic E-state index is 6.96. The Morgan fingerprint density at radius 2 is 2.06 bits per heavy atom. The van der Waals surface area contributed by atoms with E-state index in [2.05, 4.69) is 25.9 Å². The monoisotopic (exact) mass is 208 g/mol. The number of pyridine rings is 2. The van der Waals surface area contributed by atoms with Crippen molar-refractivity contribution in [2.75, 3.05) is 0 Å². The Labute approximate surface area is 91.8 Å². The average Bonchev–Trinajstić information content (AvgIpc) is 2.66. The number of aromatic nitrogens is 3. The van der Waals surface area contributed by atoms with Gasteiger partial charge in [0.2, 0.25) is 0 Å². The molecule has 0 atom stereocenters. The SMILES string of the molecule is [C-]#[N+]c1cc2c(cn1)[nH]c1ncc(C)cc12. The number of aryl methyl sites for hydroxylation is 1. The van der Waals surface area contributed by atoms with Gasteiger partial charge in [-0.25, -0.2) is 4.98 Å². The Bertz CT molecular complexity index is 734. The number of nitrogens with zero attached hydrogens (tertiary/aromatic N) is 3. The summed E-state index contributed by atoms with van der Waals surface area (Å²) < 4.78 is 0. The molecule has 0 bridgehead atoms. The molecule has 0 spiro atoms. The van der Waals surface area contributed by atoms with Gasteiger partial charge in [0.05, 0.1) is 5.52 Å². The zero-order valence-corrected chi connectivity index (χ0v) is 8.65. The molecule has 76 valence electrons. The van der Waals surface area contributed by atoms with Crippen molar-refractivity contribution >= 4 is 27.8 Å². The Balaban J connectivity index is 2.50. The fraction of sp³-hybridized carbons (Fsp3) is 0.0833. The zero-order chi connectivity index (χ0) is 11.1. The minimum absolute atomic E-state index is 0.412. The van der Waals surface area contributed by atoms with Crippen LogP contribution in [0, 0.1) is 13.5 Å². The second kappa shape index (κ2) is 3.04. The molecule has 0 unspecified atom stereocenters. The predicted octanol–water partition coefficient (Wildman–Crippen LogP) is 2.97. The highest BCUT2D eigenvalue weighted by molar-refractivity contribution is 6.06. The Morgan fingerprint density at radius 1 is 1.19 bits per heavy atom. The lowest BCUT2D eigenvalue weighted by Crippen LogP contribution is -1.77. The van der Waals surface area contributed by atoms with Crippen LogP contribution in [0.5, 0.6) is 0 Å². The van der Waals surface area contributed by atoms with Crippen molar-refractivity contribution in [2.45, 2.75) is 6.92 Å². The van der Waals surface area contributed by atoms with E-state index in [-0.39, 0.29) is 0 Å². The first-order valence-corrected chi connectivity index (χ1v) is 4.89. The number of hydrogen-bond acceptors (Lipinski definition) is 2. The molecule has 0 saturated heterocycles. The van der Waals surface area contributed by atoms with Gasteiger partial charge >= 0.3 is 0 Å². The van der Waals surface area contributed by atoms with E-state index in [1.165, 1.54) is 0 Å². The van der Waals surface area contributed by atoms with Gasteiger partial charge in [-0.15, -0.1) is 4.98 Å². The molecule has 3 aromatic rings. The van der Waals surface area contributed by atoms with Crippen LogP contribution in [0.3, 0.4) is 0 Å². The summed E-state index contributed by atoms with van der Waals surface area (Å²) in [5, 5.41) is 2.05. The average molecular weight is 208 g/mol. The first kappa shape index (κ1) is 8.86. The maximum Gasteiger partial charge on any atom is 0.270 e. The number of fused-ring (bicyclic) bond motifs is 3. The summed E-state index contributed by atoms with van der Waals surface area (Å²) in [7, 11) is 0. The van der Waals surface area contributed by atoms with Crippen molar-refractivity contribution in [3.8, 4) is 0 Å². The predicted molar refractivity (Wildman–Crippen MR) is 62.4 cm³/mol. The van der Waals surface area contributed by atoms with Gasteiger partial charge in [-0.2, -0.15) is 0 Å². The molecule has 4 nitrogen and oxygen atoms in total. The highest BCUT2D eigenvalue weighted by Gasteiger charge is 2.07. The van der Waals surface area contributed by atoms with Crippen molar-refractivity contribution < 1.29 is 0 Å². The molecule has 0 saturated carbocycles. The van der Waals surface area contributed by atoms with Gasteiger partial charge in [0.15, 0.2) is 0 Å². The van der Waals surface area contributed by atoms with Gasteiger partial charge in [0, 0.05) is 17.0 Å². The minimum Gasteiger partial charge on any atom is -0.361 e. The van der Waals surface area contributed by atoms with Crippen molar-refractivity contribution in [1.82, 2.24) is 15.0 Å². The van der Waals surface area contributed by atoms with E-state index in [1.807, 2.05) is 13.1 Å². The summed E-state index contributed by atoms with van der Waals surface area (Å²) in [6.45, 7) is 8.96. The quantitative estimate of drug-likeness (QED) is 0.577. The first-order chi connectivity index (χ1) is 7.78. The molecule has 3 heterocycles. The summed E-state index contributed by atoms with van der Waals surface area (Å²) in [5.41, 5.74) is 2.86. The van der Waals surface area contributed by atoms with Crippen LogP contribution in [0.1, 0.15) is 5.56 Å². The smallest absolute Gasteiger partial charge is 0.270 e. The van der Waals surface area contributed by atoms with Crippen molar-refractivity contribution in [1.29, 1.82) is 0 Å². The van der Waals surface area contributed by atoms with E-state index in [1.54, 1.807) is 12.3 Å². The summed E-state index contributed by atoms with van der Waals surface area (Å²) >= 11 is 0. The Morgan fingerprint density at radius 3 is 2.88 bits per heavy atom. The van der Waals surface area contributed by atoms with Crippen molar-refractivity contribution in [3.63, 3.8) is 0 Å². The number of hydrogen-bond donors (Lipinski definition) is 1. The van der Waals surface area contributed by atoms with Crippen molar-refractivity contribution in [2.24, 2.45) is 0 Å². The van der Waals surface area contributed by atoms with Crippen LogP contribution >= 0.6 is 0 Å². The van der Waals surface area contributed by atoms with Crippen LogP contribution < -0.4 is 0 Å². The largest absolute Gasteiger partial charge is 0.361 e. The van der Waals surface area contributed by atoms with E-state index in [4.69, 9.17) is 6.57 Å². The molecule has 3 aromatic heterocycles. The zero-order valence-electron chi connectivity index (χ0n) is 8.65. The van der Waals surface area contributed by atoms with Gasteiger partial charge in [-0.3, -0.25) is 0 Å². The number of aromatic amines is 1. The third-order valence-corrected chi connectivity index (χ3v) is 2.57. The second-order valence-electron chi connectivity index (χ2n) is 3.73. The molecule has 0 aromatic carbocycles. The molecule has 0 amide bonds. The topological polar surface area (TPSA) is 45.9 Å². The van der Waals surface area contributed by atoms with Gasteiger partial charge in [-0.1, -0.05) is 6.57 Å². The third kappa shape index (κ3) is 1.15. The highest BCUT2D eigenvalue weighted by atomic mass is 14.9. The number of nitrogens with one attached hydrogen (secondary N) is 1. The van der Waals surface area contributed by atoms with Crippen LogP contribution in [0.25, 0.3) is 26.8 Å². The lowest BCUT2D eigenvalue weighted by atomic mass is 10.2. The van der Waals surface area contributed by atoms with Gasteiger partial charge < -0.3 is 9.83 Å². The van der Waals surface area contributed by atoms with Gasteiger partial charge in [-0.05, 0) is 24.6 Å². The molecule has 16 heavy (non-hydrogen) atoms. The molecule has 4 heteroatoms. The van der Waals surface area contributed by atoms with Crippen LogP contribution in [0.2, 0.25) is 0 Å². The van der Waals surface area contributed by atoms with E-state index >= 15 is 0 Å². The summed E-state index contributed by atoms with van der Waals surface area (Å²) in [6, 6.07) is 3.86. The van der Waals surface area contributed by atoms with Crippen molar-refractivity contribution in [3.05, 3.63) is 41.5 Å². The Hall–Kier alpha value is -2.41. The normalized spacial score (nSPS) is 10.8. The van der Waals surface area contributed by atoms with Gasteiger partial charge in [0.1, 0.15) is 11.8 Å². The lowest BCUT2D eigenvalue weighted by molar-refractivity contribution is 1.29. The molecular formula is C12H8N4. The Kier molecular flexibility index (Phi) is 1.68. The second-order valence-corrected chi connectivity index (χ2v) is 3.73. The molecule has 0 aliphatic rings. The third-order valence-electron chi connectivity index (χ3n) is 2.57. The summed E-state index contributed by atoms with van der Waals surface area (Å²) in [5.74, 6) is 0.412. The maximum absolute atomic E-state index is 6.96. The minimum atomic E-state index is 0.412. The van der Waals surface area contributed by atoms with Crippen LogP contribution in [0.4, 0.5) is 5.82 Å².